The van der Waals surface area contributed by atoms with Crippen molar-refractivity contribution in [2.45, 2.75) is 31.3 Å². The average molecular weight is 344 g/mol. The first-order chi connectivity index (χ1) is 11.6. The minimum Gasteiger partial charge on any atom is -0.480 e. The molecule has 1 N–H and O–H groups in total. The third kappa shape index (κ3) is 2.62. The number of ether oxygens (including phenoxy) is 1. The fourth-order valence-corrected chi connectivity index (χ4v) is 3.77. The summed E-state index contributed by atoms with van der Waals surface area (Å²) in [5.41, 5.74) is 1.11. The molecule has 0 saturated carbocycles. The predicted octanol–water partition coefficient (Wildman–Crippen LogP) is 2.19. The number of aromatic amines is 1. The van der Waals surface area contributed by atoms with Crippen LogP contribution in [-0.4, -0.2) is 44.8 Å². The Balaban J connectivity index is 1.48. The Morgan fingerprint density at radius 1 is 1.42 bits per heavy atom. The second-order valence-electron chi connectivity index (χ2n) is 6.49. The molecule has 3 heterocycles. The molecule has 2 aliphatic rings. The molecule has 0 spiro atoms. The Labute approximate surface area is 145 Å². The van der Waals surface area contributed by atoms with Gasteiger partial charge in [0.05, 0.1) is 0 Å². The number of rotatable bonds is 2. The van der Waals surface area contributed by atoms with Crippen molar-refractivity contribution in [1.29, 1.82) is 0 Å². The molecule has 1 amide bonds. The van der Waals surface area contributed by atoms with Crippen LogP contribution in [0, 0.1) is 4.77 Å². The number of H-pyrrole nitrogens is 1. The van der Waals surface area contributed by atoms with Crippen LogP contribution in [0.1, 0.15) is 30.1 Å². The van der Waals surface area contributed by atoms with Crippen molar-refractivity contribution in [2.75, 3.05) is 13.1 Å². The van der Waals surface area contributed by atoms with Gasteiger partial charge in [-0.2, -0.15) is 5.10 Å². The Morgan fingerprint density at radius 2 is 2.25 bits per heavy atom. The van der Waals surface area contributed by atoms with E-state index >= 15 is 0 Å². The van der Waals surface area contributed by atoms with Gasteiger partial charge in [-0.3, -0.25) is 9.89 Å². The van der Waals surface area contributed by atoms with E-state index in [0.29, 0.717) is 17.7 Å². The zero-order valence-corrected chi connectivity index (χ0v) is 14.4. The number of aromatic nitrogens is 3. The number of benzene rings is 1. The van der Waals surface area contributed by atoms with E-state index in [4.69, 9.17) is 17.0 Å². The Bertz CT molecular complexity index is 803. The topological polar surface area (TPSA) is 63.1 Å². The standard InChI is InChI=1S/C17H20N4O2S/c1-20-15(18-19-17(20)24)12-6-4-8-21(10-12)16(22)14-9-11-5-2-3-7-13(11)23-14/h2-3,5,7,12,14H,4,6,8-10H2,1H3,(H,19,24)/t12-,14-/m0/s1. The van der Waals surface area contributed by atoms with Gasteiger partial charge in [0.2, 0.25) is 0 Å². The molecule has 1 fully saturated rings. The highest BCUT2D eigenvalue weighted by molar-refractivity contribution is 7.71. The van der Waals surface area contributed by atoms with Crippen molar-refractivity contribution in [1.82, 2.24) is 19.7 Å². The maximum absolute atomic E-state index is 12.9. The lowest BCUT2D eigenvalue weighted by Gasteiger charge is -2.33. The van der Waals surface area contributed by atoms with Gasteiger partial charge in [0.1, 0.15) is 11.6 Å². The molecule has 0 bridgehead atoms. The molecule has 2 atom stereocenters. The van der Waals surface area contributed by atoms with E-state index in [1.54, 1.807) is 0 Å². The molecular formula is C17H20N4O2S. The van der Waals surface area contributed by atoms with Crippen LogP contribution >= 0.6 is 12.2 Å². The summed E-state index contributed by atoms with van der Waals surface area (Å²) in [5, 5.41) is 7.17. The quantitative estimate of drug-likeness (QED) is 0.848. The highest BCUT2D eigenvalue weighted by Gasteiger charge is 2.35. The molecule has 4 rings (SSSR count). The molecule has 1 saturated heterocycles. The van der Waals surface area contributed by atoms with E-state index < -0.39 is 6.10 Å². The number of nitrogens with one attached hydrogen (secondary N) is 1. The van der Waals surface area contributed by atoms with E-state index in [1.807, 2.05) is 40.8 Å². The van der Waals surface area contributed by atoms with Gasteiger partial charge in [0, 0.05) is 32.5 Å². The van der Waals surface area contributed by atoms with Gasteiger partial charge in [0.15, 0.2) is 10.9 Å². The van der Waals surface area contributed by atoms with Crippen molar-refractivity contribution in [3.8, 4) is 5.75 Å². The number of hydrogen-bond acceptors (Lipinski definition) is 4. The van der Waals surface area contributed by atoms with Crippen LogP contribution in [0.2, 0.25) is 0 Å². The fourth-order valence-electron chi connectivity index (χ4n) is 3.64. The van der Waals surface area contributed by atoms with Gasteiger partial charge in [0.25, 0.3) is 5.91 Å². The summed E-state index contributed by atoms with van der Waals surface area (Å²) in [6.07, 6.45) is 2.24. The van der Waals surface area contributed by atoms with E-state index in [-0.39, 0.29) is 11.8 Å². The minimum atomic E-state index is -0.399. The highest BCUT2D eigenvalue weighted by Crippen LogP contribution is 2.31. The second kappa shape index (κ2) is 6.05. The fraction of sp³-hybridized carbons (Fsp3) is 0.471. The maximum Gasteiger partial charge on any atom is 0.264 e. The molecular weight excluding hydrogens is 324 g/mol. The number of amides is 1. The summed E-state index contributed by atoms with van der Waals surface area (Å²) in [6.45, 7) is 1.45. The van der Waals surface area contributed by atoms with E-state index in [1.165, 1.54) is 0 Å². The monoisotopic (exact) mass is 344 g/mol. The number of fused-ring (bicyclic) bond motifs is 1. The van der Waals surface area contributed by atoms with Gasteiger partial charge in [-0.05, 0) is 36.7 Å². The summed E-state index contributed by atoms with van der Waals surface area (Å²) in [6, 6.07) is 7.87. The zero-order chi connectivity index (χ0) is 16.7. The number of piperidine rings is 1. The van der Waals surface area contributed by atoms with Crippen molar-refractivity contribution >= 4 is 18.1 Å². The molecule has 2 aromatic rings. The van der Waals surface area contributed by atoms with Crippen molar-refractivity contribution < 1.29 is 9.53 Å². The van der Waals surface area contributed by atoms with Gasteiger partial charge < -0.3 is 14.2 Å². The number of para-hydroxylation sites is 1. The van der Waals surface area contributed by atoms with Crippen molar-refractivity contribution in [3.63, 3.8) is 0 Å². The van der Waals surface area contributed by atoms with E-state index in [9.17, 15) is 4.79 Å². The SMILES string of the molecule is Cn1c([C@H]2CCCN(C(=O)[C@@H]3Cc4ccccc4O3)C2)n[nH]c1=S. The first-order valence-electron chi connectivity index (χ1n) is 8.28. The first kappa shape index (κ1) is 15.4. The lowest BCUT2D eigenvalue weighted by atomic mass is 9.96. The second-order valence-corrected chi connectivity index (χ2v) is 6.87. The van der Waals surface area contributed by atoms with E-state index in [2.05, 4.69) is 10.2 Å². The molecule has 1 aromatic heterocycles. The summed E-state index contributed by atoms with van der Waals surface area (Å²) < 4.78 is 8.37. The molecule has 0 aliphatic carbocycles. The number of nitrogens with zero attached hydrogens (tertiary/aromatic N) is 3. The number of likely N-dealkylation sites (tertiary alicyclic amines) is 1. The lowest BCUT2D eigenvalue weighted by Crippen LogP contribution is -2.46. The molecule has 0 unspecified atom stereocenters. The average Bonchev–Trinajstić information content (AvgIpc) is 3.18. The van der Waals surface area contributed by atoms with Crippen molar-refractivity contribution in [3.05, 3.63) is 40.4 Å². The molecule has 1 aromatic carbocycles. The number of hydrogen-bond donors (Lipinski definition) is 1. The van der Waals surface area contributed by atoms with Gasteiger partial charge in [-0.15, -0.1) is 0 Å². The third-order valence-electron chi connectivity index (χ3n) is 4.94. The Hall–Kier alpha value is -2.15. The van der Waals surface area contributed by atoms with Crippen LogP contribution in [0.4, 0.5) is 0 Å². The normalized spacial score (nSPS) is 23.0. The summed E-state index contributed by atoms with van der Waals surface area (Å²) >= 11 is 5.20. The predicted molar refractivity (Wildman–Crippen MR) is 91.5 cm³/mol. The van der Waals surface area contributed by atoms with Gasteiger partial charge in [-0.1, -0.05) is 18.2 Å². The molecule has 0 radical (unpaired) electrons. The number of carbonyl (C=O) groups excluding carboxylic acids is 1. The Morgan fingerprint density at radius 3 is 3.00 bits per heavy atom. The number of carbonyl (C=O) groups is 1. The van der Waals surface area contributed by atoms with Gasteiger partial charge >= 0.3 is 0 Å². The van der Waals surface area contributed by atoms with Gasteiger partial charge in [-0.25, -0.2) is 0 Å². The molecule has 6 nitrogen and oxygen atoms in total. The minimum absolute atomic E-state index is 0.0766. The van der Waals surface area contributed by atoms with Crippen LogP contribution in [0.15, 0.2) is 24.3 Å². The summed E-state index contributed by atoms with van der Waals surface area (Å²) in [4.78, 5) is 14.8. The smallest absolute Gasteiger partial charge is 0.264 e. The van der Waals surface area contributed by atoms with Crippen LogP contribution in [0.25, 0.3) is 0 Å². The lowest BCUT2D eigenvalue weighted by molar-refractivity contribution is -0.139. The maximum atomic E-state index is 12.9. The molecule has 24 heavy (non-hydrogen) atoms. The highest BCUT2D eigenvalue weighted by atomic mass is 32.1. The van der Waals surface area contributed by atoms with Crippen LogP contribution in [-0.2, 0) is 18.3 Å². The van der Waals surface area contributed by atoms with Crippen LogP contribution < -0.4 is 4.74 Å². The van der Waals surface area contributed by atoms with Crippen LogP contribution in [0.5, 0.6) is 5.75 Å². The first-order valence-corrected chi connectivity index (χ1v) is 8.69. The molecule has 126 valence electrons. The third-order valence-corrected chi connectivity index (χ3v) is 5.30. The largest absolute Gasteiger partial charge is 0.480 e. The molecule has 2 aliphatic heterocycles. The Kier molecular flexibility index (Phi) is 3.88. The van der Waals surface area contributed by atoms with E-state index in [0.717, 1.165) is 36.5 Å². The molecule has 7 heteroatoms. The summed E-state index contributed by atoms with van der Waals surface area (Å²) in [5.74, 6) is 2.05. The zero-order valence-electron chi connectivity index (χ0n) is 13.6. The van der Waals surface area contributed by atoms with Crippen LogP contribution in [0.3, 0.4) is 0 Å². The van der Waals surface area contributed by atoms with Crippen molar-refractivity contribution in [2.24, 2.45) is 7.05 Å². The summed E-state index contributed by atoms with van der Waals surface area (Å²) in [7, 11) is 1.92.